The van der Waals surface area contributed by atoms with E-state index < -0.39 is 0 Å². The van der Waals surface area contributed by atoms with Crippen LogP contribution in [0.25, 0.3) is 5.69 Å². The maximum absolute atomic E-state index is 12.6. The molecule has 0 fully saturated rings. The molecule has 0 aliphatic heterocycles. The van der Waals surface area contributed by atoms with E-state index in [2.05, 4.69) is 15.4 Å². The van der Waals surface area contributed by atoms with Gasteiger partial charge in [-0.15, -0.1) is 16.4 Å². The predicted molar refractivity (Wildman–Crippen MR) is 93.0 cm³/mol. The standard InChI is InChI=1S/C16H17N5O2S/c1-10(2)13-12(17-9-24-13)14(22)18-15-19-20(3)16(23)21(15)11-7-5-4-6-8-11/h4-10H,1-3H3,(H,18,19,22). The van der Waals surface area contributed by atoms with Gasteiger partial charge in [0.15, 0.2) is 0 Å². The van der Waals surface area contributed by atoms with Crippen molar-refractivity contribution in [3.63, 3.8) is 0 Å². The number of carbonyl (C=O) groups excluding carboxylic acids is 1. The van der Waals surface area contributed by atoms with Gasteiger partial charge in [-0.2, -0.15) is 0 Å². The Bertz CT molecular complexity index is 924. The van der Waals surface area contributed by atoms with Crippen molar-refractivity contribution in [3.05, 3.63) is 56.9 Å². The Hall–Kier alpha value is -2.74. The summed E-state index contributed by atoms with van der Waals surface area (Å²) in [7, 11) is 1.54. The molecular weight excluding hydrogens is 326 g/mol. The molecule has 1 N–H and O–H groups in total. The molecule has 24 heavy (non-hydrogen) atoms. The number of anilines is 1. The molecule has 0 unspecified atom stereocenters. The van der Waals surface area contributed by atoms with Crippen LogP contribution in [0, 0.1) is 0 Å². The van der Waals surface area contributed by atoms with Crippen molar-refractivity contribution in [1.82, 2.24) is 19.3 Å². The smallest absolute Gasteiger partial charge is 0.289 e. The number of nitrogens with one attached hydrogen (secondary N) is 1. The van der Waals surface area contributed by atoms with Gasteiger partial charge in [-0.25, -0.2) is 19.0 Å². The molecule has 2 aromatic heterocycles. The number of rotatable bonds is 4. The maximum Gasteiger partial charge on any atom is 0.351 e. The molecule has 0 saturated heterocycles. The number of nitrogens with zero attached hydrogens (tertiary/aromatic N) is 4. The van der Waals surface area contributed by atoms with Gasteiger partial charge in [0.05, 0.1) is 11.2 Å². The van der Waals surface area contributed by atoms with E-state index in [4.69, 9.17) is 0 Å². The van der Waals surface area contributed by atoms with Crippen LogP contribution in [0.1, 0.15) is 35.1 Å². The first-order valence-electron chi connectivity index (χ1n) is 7.45. The lowest BCUT2D eigenvalue weighted by molar-refractivity contribution is 0.102. The number of carbonyl (C=O) groups is 1. The Morgan fingerprint density at radius 2 is 1.96 bits per heavy atom. The molecule has 124 valence electrons. The molecule has 0 radical (unpaired) electrons. The molecule has 0 saturated carbocycles. The molecule has 1 amide bonds. The van der Waals surface area contributed by atoms with E-state index in [1.807, 2.05) is 32.0 Å². The molecule has 3 rings (SSSR count). The minimum atomic E-state index is -0.372. The van der Waals surface area contributed by atoms with Crippen molar-refractivity contribution in [2.24, 2.45) is 7.05 Å². The van der Waals surface area contributed by atoms with Crippen LogP contribution in [0.15, 0.2) is 40.6 Å². The number of amides is 1. The molecule has 7 nitrogen and oxygen atoms in total. The summed E-state index contributed by atoms with van der Waals surface area (Å²) >= 11 is 1.44. The van der Waals surface area contributed by atoms with Gasteiger partial charge in [0.2, 0.25) is 5.95 Å². The van der Waals surface area contributed by atoms with Crippen molar-refractivity contribution in [1.29, 1.82) is 0 Å². The summed E-state index contributed by atoms with van der Waals surface area (Å²) in [5.74, 6) is -0.0116. The van der Waals surface area contributed by atoms with Crippen LogP contribution in [0.5, 0.6) is 0 Å². The van der Waals surface area contributed by atoms with E-state index in [1.165, 1.54) is 20.6 Å². The summed E-state index contributed by atoms with van der Waals surface area (Å²) in [6, 6.07) is 9.05. The van der Waals surface area contributed by atoms with Crippen LogP contribution in [0.2, 0.25) is 0 Å². The number of benzene rings is 1. The zero-order chi connectivity index (χ0) is 17.3. The summed E-state index contributed by atoms with van der Waals surface area (Å²) < 4.78 is 2.55. The number of thiazole rings is 1. The first-order chi connectivity index (χ1) is 11.5. The normalized spacial score (nSPS) is 11.0. The van der Waals surface area contributed by atoms with Gasteiger partial charge in [-0.05, 0) is 18.1 Å². The maximum atomic E-state index is 12.6. The summed E-state index contributed by atoms with van der Waals surface area (Å²) in [6.45, 7) is 4.01. The van der Waals surface area contributed by atoms with Crippen LogP contribution in [0.4, 0.5) is 5.95 Å². The molecular formula is C16H17N5O2S. The molecule has 0 aliphatic carbocycles. The Labute approximate surface area is 142 Å². The average molecular weight is 343 g/mol. The Kier molecular flexibility index (Phi) is 4.30. The predicted octanol–water partition coefficient (Wildman–Crippen LogP) is 2.40. The third-order valence-electron chi connectivity index (χ3n) is 3.50. The Balaban J connectivity index is 1.99. The quantitative estimate of drug-likeness (QED) is 0.789. The van der Waals surface area contributed by atoms with E-state index in [0.29, 0.717) is 11.4 Å². The van der Waals surface area contributed by atoms with E-state index in [0.717, 1.165) is 4.88 Å². The Morgan fingerprint density at radius 3 is 2.62 bits per heavy atom. The first kappa shape index (κ1) is 16.1. The van der Waals surface area contributed by atoms with Crippen molar-refractivity contribution >= 4 is 23.2 Å². The molecule has 0 atom stereocenters. The molecule has 3 aromatic rings. The number of aromatic nitrogens is 4. The molecule has 0 spiro atoms. The van der Waals surface area contributed by atoms with Crippen LogP contribution in [0.3, 0.4) is 0 Å². The molecule has 8 heteroatoms. The minimum absolute atomic E-state index is 0.168. The van der Waals surface area contributed by atoms with Crippen LogP contribution in [-0.2, 0) is 7.05 Å². The lowest BCUT2D eigenvalue weighted by Crippen LogP contribution is -2.23. The zero-order valence-corrected chi connectivity index (χ0v) is 14.4. The lowest BCUT2D eigenvalue weighted by Gasteiger charge is -2.08. The second kappa shape index (κ2) is 6.40. The average Bonchev–Trinajstić information content (AvgIpc) is 3.14. The topological polar surface area (TPSA) is 81.8 Å². The van der Waals surface area contributed by atoms with Crippen LogP contribution >= 0.6 is 11.3 Å². The zero-order valence-electron chi connectivity index (χ0n) is 13.6. The summed E-state index contributed by atoms with van der Waals surface area (Å²) in [5.41, 5.74) is 2.31. The highest BCUT2D eigenvalue weighted by molar-refractivity contribution is 7.10. The summed E-state index contributed by atoms with van der Waals surface area (Å²) in [6.07, 6.45) is 0. The third kappa shape index (κ3) is 2.88. The molecule has 0 aliphatic rings. The summed E-state index contributed by atoms with van der Waals surface area (Å²) in [5, 5.41) is 6.83. The highest BCUT2D eigenvalue weighted by Crippen LogP contribution is 2.24. The van der Waals surface area contributed by atoms with Crippen molar-refractivity contribution < 1.29 is 4.79 Å². The fraction of sp³-hybridized carbons (Fsp3) is 0.250. The van der Waals surface area contributed by atoms with Gasteiger partial charge >= 0.3 is 5.69 Å². The highest BCUT2D eigenvalue weighted by Gasteiger charge is 2.21. The molecule has 1 aromatic carbocycles. The largest absolute Gasteiger partial charge is 0.351 e. The number of hydrogen-bond acceptors (Lipinski definition) is 5. The van der Waals surface area contributed by atoms with E-state index in [9.17, 15) is 9.59 Å². The number of para-hydroxylation sites is 1. The fourth-order valence-corrected chi connectivity index (χ4v) is 3.15. The van der Waals surface area contributed by atoms with Crippen LogP contribution < -0.4 is 11.0 Å². The van der Waals surface area contributed by atoms with E-state index in [-0.39, 0.29) is 23.5 Å². The number of aryl methyl sites for hydroxylation is 1. The lowest BCUT2D eigenvalue weighted by atomic mass is 10.1. The van der Waals surface area contributed by atoms with Crippen molar-refractivity contribution in [2.75, 3.05) is 5.32 Å². The monoisotopic (exact) mass is 343 g/mol. The van der Waals surface area contributed by atoms with Gasteiger partial charge in [-0.1, -0.05) is 32.0 Å². The fourth-order valence-electron chi connectivity index (χ4n) is 2.35. The second-order valence-corrected chi connectivity index (χ2v) is 6.46. The van der Waals surface area contributed by atoms with Gasteiger partial charge in [0.25, 0.3) is 5.91 Å². The molecule has 2 heterocycles. The summed E-state index contributed by atoms with van der Waals surface area (Å²) in [4.78, 5) is 30.0. The van der Waals surface area contributed by atoms with Crippen molar-refractivity contribution in [2.45, 2.75) is 19.8 Å². The van der Waals surface area contributed by atoms with Gasteiger partial charge < -0.3 is 0 Å². The van der Waals surface area contributed by atoms with E-state index >= 15 is 0 Å². The minimum Gasteiger partial charge on any atom is -0.289 e. The van der Waals surface area contributed by atoms with Crippen LogP contribution in [-0.4, -0.2) is 25.2 Å². The SMILES string of the molecule is CC(C)c1scnc1C(=O)Nc1nn(C)c(=O)n1-c1ccccc1. The van der Waals surface area contributed by atoms with Gasteiger partial charge in [0, 0.05) is 11.9 Å². The molecule has 0 bridgehead atoms. The van der Waals surface area contributed by atoms with Gasteiger partial charge in [0.1, 0.15) is 5.69 Å². The third-order valence-corrected chi connectivity index (χ3v) is 4.63. The van der Waals surface area contributed by atoms with Gasteiger partial charge in [-0.3, -0.25) is 10.1 Å². The second-order valence-electron chi connectivity index (χ2n) is 5.57. The first-order valence-corrected chi connectivity index (χ1v) is 8.33. The number of hydrogen-bond donors (Lipinski definition) is 1. The highest BCUT2D eigenvalue weighted by atomic mass is 32.1. The van der Waals surface area contributed by atoms with Crippen molar-refractivity contribution in [3.8, 4) is 5.69 Å². The van der Waals surface area contributed by atoms with E-state index in [1.54, 1.807) is 24.7 Å². The Morgan fingerprint density at radius 1 is 1.25 bits per heavy atom.